The average molecular weight is 392 g/mol. The van der Waals surface area contributed by atoms with E-state index >= 15 is 0 Å². The minimum Gasteiger partial charge on any atom is -0.493 e. The van der Waals surface area contributed by atoms with E-state index in [-0.39, 0.29) is 23.8 Å². The number of amides is 1. The number of hydrogen-bond acceptors (Lipinski definition) is 3. The van der Waals surface area contributed by atoms with Gasteiger partial charge in [-0.1, -0.05) is 29.3 Å². The zero-order valence-electron chi connectivity index (χ0n) is 14.5. The molecule has 0 bridgehead atoms. The Morgan fingerprint density at radius 3 is 2.35 bits per heavy atom. The third-order valence-corrected chi connectivity index (χ3v) is 6.00. The molecule has 0 radical (unpaired) electrons. The Balaban J connectivity index is 1.91. The number of carbonyl (C=O) groups is 1. The predicted octanol–water partition coefficient (Wildman–Crippen LogP) is 4.72. The minimum atomic E-state index is -0.0530. The number of carbonyl (C=O) groups excluding carboxylic acids is 1. The lowest BCUT2D eigenvalue weighted by molar-refractivity contribution is -0.124. The van der Waals surface area contributed by atoms with Gasteiger partial charge in [-0.25, -0.2) is 0 Å². The van der Waals surface area contributed by atoms with E-state index in [2.05, 4.69) is 5.32 Å². The highest BCUT2D eigenvalue weighted by Crippen LogP contribution is 2.55. The van der Waals surface area contributed by atoms with Gasteiger partial charge in [0.05, 0.1) is 20.3 Å². The van der Waals surface area contributed by atoms with Crippen molar-refractivity contribution < 1.29 is 14.3 Å². The Morgan fingerprint density at radius 2 is 1.69 bits per heavy atom. The summed E-state index contributed by atoms with van der Waals surface area (Å²) >= 11 is 12.6. The van der Waals surface area contributed by atoms with Crippen LogP contribution >= 0.6 is 23.2 Å². The molecule has 1 saturated heterocycles. The van der Waals surface area contributed by atoms with Gasteiger partial charge in [0.1, 0.15) is 0 Å². The van der Waals surface area contributed by atoms with Gasteiger partial charge < -0.3 is 14.8 Å². The van der Waals surface area contributed by atoms with Crippen molar-refractivity contribution in [1.29, 1.82) is 0 Å². The molecule has 0 aromatic heterocycles. The van der Waals surface area contributed by atoms with Crippen LogP contribution in [0.15, 0.2) is 30.3 Å². The summed E-state index contributed by atoms with van der Waals surface area (Å²) in [6, 6.07) is 9.54. The Morgan fingerprint density at radius 1 is 1.00 bits per heavy atom. The highest BCUT2D eigenvalue weighted by Gasteiger charge is 2.45. The van der Waals surface area contributed by atoms with Crippen molar-refractivity contribution in [2.75, 3.05) is 14.2 Å². The van der Waals surface area contributed by atoms with Crippen LogP contribution < -0.4 is 14.8 Å². The number of fused-ring (bicyclic) bond motifs is 3. The number of halogens is 2. The van der Waals surface area contributed by atoms with Crippen LogP contribution in [-0.2, 0) is 4.79 Å². The number of benzene rings is 2. The van der Waals surface area contributed by atoms with E-state index in [1.807, 2.05) is 24.3 Å². The molecule has 1 N–H and O–H groups in total. The molecule has 2 aromatic carbocycles. The number of hydrogen-bond donors (Lipinski definition) is 1. The molecule has 3 atom stereocenters. The van der Waals surface area contributed by atoms with Crippen molar-refractivity contribution in [3.8, 4) is 11.5 Å². The van der Waals surface area contributed by atoms with Crippen molar-refractivity contribution in [2.24, 2.45) is 5.92 Å². The van der Waals surface area contributed by atoms with Crippen molar-refractivity contribution in [3.05, 3.63) is 57.1 Å². The summed E-state index contributed by atoms with van der Waals surface area (Å²) in [5.41, 5.74) is 3.20. The fourth-order valence-corrected chi connectivity index (χ4v) is 4.84. The number of ether oxygens (including phenoxy) is 2. The van der Waals surface area contributed by atoms with Crippen molar-refractivity contribution in [2.45, 2.75) is 24.8 Å². The molecule has 1 heterocycles. The molecule has 1 aliphatic heterocycles. The second kappa shape index (κ2) is 6.67. The van der Waals surface area contributed by atoms with E-state index in [1.165, 1.54) is 0 Å². The van der Waals surface area contributed by atoms with Crippen LogP contribution in [0.2, 0.25) is 10.0 Å². The summed E-state index contributed by atoms with van der Waals surface area (Å²) in [5.74, 6) is 1.71. The topological polar surface area (TPSA) is 47.6 Å². The van der Waals surface area contributed by atoms with Gasteiger partial charge in [0, 0.05) is 22.4 Å². The molecule has 2 aliphatic rings. The summed E-state index contributed by atoms with van der Waals surface area (Å²) in [6.07, 6.45) is 1.32. The average Bonchev–Trinajstić information content (AvgIpc) is 2.93. The number of nitrogens with one attached hydrogen (secondary N) is 1. The normalized spacial score (nSPS) is 23.8. The molecule has 26 heavy (non-hydrogen) atoms. The summed E-state index contributed by atoms with van der Waals surface area (Å²) in [6.45, 7) is 0. The molecule has 136 valence electrons. The maximum atomic E-state index is 12.0. The fraction of sp³-hybridized carbons (Fsp3) is 0.350. The Bertz CT molecular complexity index is 884. The van der Waals surface area contributed by atoms with Crippen LogP contribution in [0.5, 0.6) is 11.5 Å². The summed E-state index contributed by atoms with van der Waals surface area (Å²) in [7, 11) is 3.24. The maximum Gasteiger partial charge on any atom is 0.220 e. The van der Waals surface area contributed by atoms with Gasteiger partial charge in [-0.15, -0.1) is 0 Å². The molecule has 2 aromatic rings. The fourth-order valence-electron chi connectivity index (χ4n) is 4.32. The highest BCUT2D eigenvalue weighted by molar-refractivity contribution is 6.35. The monoisotopic (exact) mass is 391 g/mol. The summed E-state index contributed by atoms with van der Waals surface area (Å²) in [5, 5.41) is 4.40. The molecular formula is C20H19Cl2NO3. The van der Waals surface area contributed by atoms with Gasteiger partial charge >= 0.3 is 0 Å². The predicted molar refractivity (Wildman–Crippen MR) is 101 cm³/mol. The van der Waals surface area contributed by atoms with Crippen LogP contribution in [0.25, 0.3) is 0 Å². The van der Waals surface area contributed by atoms with Gasteiger partial charge in [0.2, 0.25) is 5.91 Å². The van der Waals surface area contributed by atoms with Crippen LogP contribution in [0.3, 0.4) is 0 Å². The number of rotatable bonds is 3. The van der Waals surface area contributed by atoms with Gasteiger partial charge in [0.25, 0.3) is 0 Å². The molecule has 1 fully saturated rings. The molecule has 1 amide bonds. The molecule has 4 nitrogen and oxygen atoms in total. The zero-order valence-corrected chi connectivity index (χ0v) is 16.0. The third-order valence-electron chi connectivity index (χ3n) is 5.43. The van der Waals surface area contributed by atoms with Gasteiger partial charge in [0.15, 0.2) is 11.5 Å². The maximum absolute atomic E-state index is 12.0. The first-order valence-corrected chi connectivity index (χ1v) is 9.29. The third kappa shape index (κ3) is 2.72. The number of methoxy groups -OCH3 is 2. The van der Waals surface area contributed by atoms with Crippen molar-refractivity contribution in [1.82, 2.24) is 5.32 Å². The molecule has 1 aliphatic carbocycles. The lowest BCUT2D eigenvalue weighted by Gasteiger charge is -2.31. The van der Waals surface area contributed by atoms with E-state index in [9.17, 15) is 4.79 Å². The first kappa shape index (κ1) is 17.5. The van der Waals surface area contributed by atoms with Crippen LogP contribution in [0.1, 0.15) is 41.5 Å². The number of piperidine rings is 1. The van der Waals surface area contributed by atoms with E-state index in [1.54, 1.807) is 20.3 Å². The lowest BCUT2D eigenvalue weighted by Crippen LogP contribution is -2.37. The SMILES string of the molecule is COc1cc2c(cc1OC)C(c1ccc(Cl)cc1Cl)C1CCC(=O)NC21. The second-order valence-corrected chi connectivity index (χ2v) is 7.57. The van der Waals surface area contributed by atoms with Crippen LogP contribution in [0.4, 0.5) is 0 Å². The quantitative estimate of drug-likeness (QED) is 0.822. The van der Waals surface area contributed by atoms with Gasteiger partial charge in [-0.05, 0) is 53.3 Å². The Labute approximate surface area is 162 Å². The lowest BCUT2D eigenvalue weighted by atomic mass is 9.80. The standard InChI is InChI=1S/C20H19Cl2NO3/c1-25-16-8-13-14(9-17(16)26-2)20-12(5-6-18(24)23-20)19(13)11-4-3-10(21)7-15(11)22/h3-4,7-9,12,19-20H,5-6H2,1-2H3,(H,23,24). The molecule has 3 unspecified atom stereocenters. The Kier molecular flexibility index (Phi) is 4.49. The van der Waals surface area contributed by atoms with Gasteiger partial charge in [-0.2, -0.15) is 0 Å². The zero-order chi connectivity index (χ0) is 18.4. The van der Waals surface area contributed by atoms with E-state index in [0.717, 1.165) is 23.1 Å². The summed E-state index contributed by atoms with van der Waals surface area (Å²) < 4.78 is 11.0. The van der Waals surface area contributed by atoms with E-state index < -0.39 is 0 Å². The van der Waals surface area contributed by atoms with Crippen molar-refractivity contribution >= 4 is 29.1 Å². The van der Waals surface area contributed by atoms with E-state index in [4.69, 9.17) is 32.7 Å². The molecule has 6 heteroatoms. The molecule has 0 spiro atoms. The second-order valence-electron chi connectivity index (χ2n) is 6.73. The summed E-state index contributed by atoms with van der Waals surface area (Å²) in [4.78, 5) is 12.0. The molecule has 4 rings (SSSR count). The smallest absolute Gasteiger partial charge is 0.220 e. The molecular weight excluding hydrogens is 373 g/mol. The van der Waals surface area contributed by atoms with Crippen molar-refractivity contribution in [3.63, 3.8) is 0 Å². The highest BCUT2D eigenvalue weighted by atomic mass is 35.5. The first-order valence-electron chi connectivity index (χ1n) is 8.53. The first-order chi connectivity index (χ1) is 12.5. The Hall–Kier alpha value is -1.91. The van der Waals surface area contributed by atoms with Crippen LogP contribution in [-0.4, -0.2) is 20.1 Å². The van der Waals surface area contributed by atoms with Gasteiger partial charge in [-0.3, -0.25) is 4.79 Å². The molecule has 0 saturated carbocycles. The largest absolute Gasteiger partial charge is 0.493 e. The van der Waals surface area contributed by atoms with E-state index in [0.29, 0.717) is 28.0 Å². The minimum absolute atomic E-state index is 0.0530. The van der Waals surface area contributed by atoms with Crippen LogP contribution in [0, 0.1) is 5.92 Å².